The smallest absolute Gasteiger partial charge is 0.374 e. The van der Waals surface area contributed by atoms with Crippen molar-refractivity contribution in [3.8, 4) is 0 Å². The number of hydrogen-bond acceptors (Lipinski definition) is 26. The minimum Gasteiger partial charge on any atom is -0.475 e. The van der Waals surface area contributed by atoms with E-state index in [4.69, 9.17) is 19.5 Å². The summed E-state index contributed by atoms with van der Waals surface area (Å²) in [5, 5.41) is 36.7. The molecular weight excluding hydrogens is 1410 g/mol. The van der Waals surface area contributed by atoms with Crippen LogP contribution in [0.2, 0.25) is 0 Å². The molecule has 3 fully saturated rings. The van der Waals surface area contributed by atoms with Crippen LogP contribution < -0.4 is 29.2 Å². The molecule has 106 heavy (non-hydrogen) atoms. The zero-order valence-corrected chi connectivity index (χ0v) is 62.9. The zero-order chi connectivity index (χ0) is 74.0. The molecule has 0 saturated carbocycles. The molecule has 3 aliphatic heterocycles. The van der Waals surface area contributed by atoms with Crippen molar-refractivity contribution in [3.63, 3.8) is 0 Å². The van der Waals surface area contributed by atoms with Crippen LogP contribution in [0.25, 0.3) is 63.8 Å². The highest BCUT2D eigenvalue weighted by molar-refractivity contribution is 7.19. The number of ketones is 1. The predicted molar refractivity (Wildman–Crippen MR) is 407 cm³/mol. The molecule has 0 radical (unpaired) electrons. The summed E-state index contributed by atoms with van der Waals surface area (Å²) >= 11 is 4.87. The number of aromatic carboxylic acids is 1. The van der Waals surface area contributed by atoms with Crippen molar-refractivity contribution in [2.75, 3.05) is 100.0 Å². The van der Waals surface area contributed by atoms with Crippen LogP contribution in [0.4, 0.5) is 17.5 Å². The van der Waals surface area contributed by atoms with Crippen LogP contribution in [-0.4, -0.2) is 222 Å². The number of Topliss-reactive ketones (excluding diaryl/α,β-unsaturated/α-hetero) is 1. The van der Waals surface area contributed by atoms with Crippen molar-refractivity contribution in [3.05, 3.63) is 123 Å². The third kappa shape index (κ3) is 16.8. The fourth-order valence-electron chi connectivity index (χ4n) is 13.2. The van der Waals surface area contributed by atoms with E-state index in [0.29, 0.717) is 128 Å². The number of benzene rings is 3. The average molecular weight is 1500 g/mol. The number of thiophene rings is 3. The normalized spacial score (nSPS) is 15.5. The summed E-state index contributed by atoms with van der Waals surface area (Å²) in [6.45, 7) is 21.5. The Bertz CT molecular complexity index is 5120. The van der Waals surface area contributed by atoms with Gasteiger partial charge in [-0.3, -0.25) is 19.2 Å². The highest BCUT2D eigenvalue weighted by Gasteiger charge is 2.33. The lowest BCUT2D eigenvalue weighted by Gasteiger charge is -2.41. The molecule has 0 spiro atoms. The maximum atomic E-state index is 12.9. The minimum atomic E-state index is -1.15. The van der Waals surface area contributed by atoms with Gasteiger partial charge in [0.25, 0.3) is 0 Å². The van der Waals surface area contributed by atoms with E-state index in [1.807, 2.05) is 107 Å². The molecule has 554 valence electrons. The van der Waals surface area contributed by atoms with E-state index in [0.717, 1.165) is 113 Å². The number of aryl methyl sites for hydroxylation is 4. The van der Waals surface area contributed by atoms with Crippen LogP contribution in [0.3, 0.4) is 0 Å². The summed E-state index contributed by atoms with van der Waals surface area (Å²) < 4.78 is 0. The van der Waals surface area contributed by atoms with E-state index in [-0.39, 0.29) is 47.2 Å². The monoisotopic (exact) mass is 1500 g/mol. The van der Waals surface area contributed by atoms with E-state index < -0.39 is 5.97 Å². The summed E-state index contributed by atoms with van der Waals surface area (Å²) in [7, 11) is 0. The number of rotatable bonds is 24. The molecule has 3 aliphatic rings. The molecule has 33 heteroatoms. The Kier molecular flexibility index (Phi) is 23.4. The Morgan fingerprint density at radius 2 is 0.877 bits per heavy atom. The number of aromatic nitrogens is 15. The first kappa shape index (κ1) is 73.6. The third-order valence-corrected chi connectivity index (χ3v) is 22.2. The van der Waals surface area contributed by atoms with Gasteiger partial charge in [-0.2, -0.15) is 0 Å². The van der Waals surface area contributed by atoms with Gasteiger partial charge in [-0.15, -0.1) is 49.3 Å². The third-order valence-electron chi connectivity index (χ3n) is 18.7. The summed E-state index contributed by atoms with van der Waals surface area (Å²) in [6, 6.07) is 29.3. The molecule has 0 aliphatic carbocycles. The SMILES string of the molecule is CCCc1cc2c(N3CCN(C(=O)CCCOn4nnc5ccccc54)C[C@@H]3C)nc(C)nc2s1.CCc1cc2c(N3CCN(C(=O)CCCOn4nnc5ccccc54)CC3)nc(C(C)=O)nc2s1.CCc1cc2c(N3CCN(C(=O)CCCOn4nnc5ccccc54)C[C@@H]3C)nc(C(=O)O)nc2s1. The summed E-state index contributed by atoms with van der Waals surface area (Å²) in [4.78, 5) is 129. The lowest BCUT2D eigenvalue weighted by molar-refractivity contribution is -0.133. The predicted octanol–water partition coefficient (Wildman–Crippen LogP) is 9.04. The van der Waals surface area contributed by atoms with Crippen molar-refractivity contribution >= 4 is 145 Å². The maximum Gasteiger partial charge on any atom is 0.374 e. The second-order valence-corrected chi connectivity index (χ2v) is 29.6. The quantitative estimate of drug-likeness (QED) is 0.0435. The molecule has 15 rings (SSSR count). The van der Waals surface area contributed by atoms with Crippen molar-refractivity contribution in [1.29, 1.82) is 0 Å². The summed E-state index contributed by atoms with van der Waals surface area (Å²) in [5.74, 6) is 2.30. The molecule has 3 amide bonds. The summed E-state index contributed by atoms with van der Waals surface area (Å²) in [6.07, 6.45) is 6.94. The van der Waals surface area contributed by atoms with Gasteiger partial charge in [0.05, 0.1) is 16.2 Å². The molecule has 0 bridgehead atoms. The second-order valence-electron chi connectivity index (χ2n) is 26.2. The lowest BCUT2D eigenvalue weighted by Crippen LogP contribution is -2.54. The topological polar surface area (TPSA) is 322 Å². The van der Waals surface area contributed by atoms with Gasteiger partial charge < -0.3 is 49.0 Å². The Hall–Kier alpha value is -10.7. The Balaban J connectivity index is 0.000000141. The van der Waals surface area contributed by atoms with Crippen molar-refractivity contribution in [2.24, 2.45) is 0 Å². The number of piperazine rings is 3. The van der Waals surface area contributed by atoms with Gasteiger partial charge in [-0.25, -0.2) is 34.7 Å². The summed E-state index contributed by atoms with van der Waals surface area (Å²) in [5.41, 5.74) is 4.73. The van der Waals surface area contributed by atoms with E-state index in [1.54, 1.807) is 22.7 Å². The van der Waals surface area contributed by atoms with Gasteiger partial charge in [0.2, 0.25) is 23.5 Å². The van der Waals surface area contributed by atoms with Crippen molar-refractivity contribution in [2.45, 2.75) is 125 Å². The molecule has 9 aromatic heterocycles. The Morgan fingerprint density at radius 1 is 0.481 bits per heavy atom. The molecule has 12 heterocycles. The molecule has 1 N–H and O–H groups in total. The van der Waals surface area contributed by atoms with Crippen molar-refractivity contribution in [1.82, 2.24) is 90.1 Å². The Labute approximate surface area is 622 Å². The first-order chi connectivity index (χ1) is 51.5. The van der Waals surface area contributed by atoms with Gasteiger partial charge >= 0.3 is 5.97 Å². The van der Waals surface area contributed by atoms with Crippen LogP contribution in [0, 0.1) is 6.92 Å². The maximum absolute atomic E-state index is 12.9. The number of hydrogen-bond donors (Lipinski definition) is 1. The number of anilines is 3. The van der Waals surface area contributed by atoms with Crippen molar-refractivity contribution < 1.29 is 43.6 Å². The van der Waals surface area contributed by atoms with Gasteiger partial charge in [-0.05, 0) is 130 Å². The number of para-hydroxylation sites is 3. The average Bonchev–Trinajstić information content (AvgIpc) is 1.61. The van der Waals surface area contributed by atoms with Gasteiger partial charge in [-0.1, -0.05) is 78.1 Å². The van der Waals surface area contributed by atoms with E-state index in [2.05, 4.69) is 110 Å². The van der Waals surface area contributed by atoms with Crippen LogP contribution in [-0.2, 0) is 33.6 Å². The highest BCUT2D eigenvalue weighted by atomic mass is 32.1. The lowest BCUT2D eigenvalue weighted by atomic mass is 10.1. The fourth-order valence-corrected chi connectivity index (χ4v) is 16.3. The van der Waals surface area contributed by atoms with E-state index >= 15 is 0 Å². The number of nitrogens with zero attached hydrogens (tertiary/aromatic N) is 21. The van der Waals surface area contributed by atoms with Crippen LogP contribution >= 0.6 is 34.0 Å². The molecule has 0 unspecified atom stereocenters. The number of carboxylic acid groups (broad SMARTS) is 1. The second kappa shape index (κ2) is 33.6. The Morgan fingerprint density at radius 3 is 1.32 bits per heavy atom. The van der Waals surface area contributed by atoms with E-state index in [9.17, 15) is 29.1 Å². The zero-order valence-electron chi connectivity index (χ0n) is 60.4. The molecule has 3 saturated heterocycles. The van der Waals surface area contributed by atoms with Gasteiger partial charge in [0, 0.05) is 118 Å². The number of carbonyl (C=O) groups excluding carboxylic acids is 4. The first-order valence-corrected chi connectivity index (χ1v) is 38.5. The number of fused-ring (bicyclic) bond motifs is 6. The number of carboxylic acids is 1. The largest absolute Gasteiger partial charge is 0.475 e. The molecule has 2 atom stereocenters. The van der Waals surface area contributed by atoms with Crippen LogP contribution in [0.5, 0.6) is 0 Å². The number of amides is 3. The fraction of sp³-hybridized carbons (Fsp3) is 0.438. The van der Waals surface area contributed by atoms with Crippen LogP contribution in [0.1, 0.15) is 128 Å². The first-order valence-electron chi connectivity index (χ1n) is 36.1. The molecule has 30 nitrogen and oxygen atoms in total. The molecule has 3 aromatic carbocycles. The highest BCUT2D eigenvalue weighted by Crippen LogP contribution is 2.37. The van der Waals surface area contributed by atoms with Gasteiger partial charge in [0.1, 0.15) is 90.7 Å². The number of carbonyl (C=O) groups is 5. The minimum absolute atomic E-state index is 0.0230. The standard InChI is InChI=1S/C25H31N7O2S.C24H27N7O4S.C24H27N7O3S/c1-4-8-19-15-20-24(26-18(3)27-25(20)35-19)31-13-12-30(16-17(31)2)23(33)11-7-14-34-32-22-10-6-5-9-21(22)28-29-32;1-3-16-13-17-22(25-21(24(33)34)26-23(17)36-16)30-11-10-29(14-15(30)2)20(32)9-6-12-35-31-19-8-5-4-7-18(19)27-28-31;1-3-17-15-18-23(25-22(16(2)32)26-24(18)35-17)30-12-10-29(11-13-30)21(33)9-6-14-34-31-20-8-5-4-7-19(20)27-28-31/h5-6,9-10,15,17H,4,7-8,11-14,16H2,1-3H3;4-5,7-8,13,15H,3,6,9-12,14H2,1-2H3,(H,33,34);4-5,7-8,15H,3,6,9-14H2,1-2H3/t17-;15-;/m00./s1. The van der Waals surface area contributed by atoms with Gasteiger partial charge in [0.15, 0.2) is 11.6 Å². The molecular formula is C73H85N21O9S3. The molecule has 12 aromatic rings. The van der Waals surface area contributed by atoms with Crippen LogP contribution in [0.15, 0.2) is 91.0 Å². The van der Waals surface area contributed by atoms with E-state index in [1.165, 1.54) is 42.6 Å².